The van der Waals surface area contributed by atoms with Crippen molar-refractivity contribution in [3.63, 3.8) is 0 Å². The fraction of sp³-hybridized carbons (Fsp3) is 0.462. The van der Waals surface area contributed by atoms with Gasteiger partial charge >= 0.3 is 0 Å². The molecular weight excluding hydrogens is 284 g/mol. The van der Waals surface area contributed by atoms with E-state index in [0.29, 0.717) is 6.54 Å². The standard InChI is InChI=1S/C13H17ClN2O2S/c1-2-9-16(11-5-3-4-6-11)19(17,18)13-10-15-8-7-12(13)14/h2,7-8,10-11H,1,3-6,9H2. The van der Waals surface area contributed by atoms with Gasteiger partial charge < -0.3 is 0 Å². The number of rotatable bonds is 5. The molecule has 2 rings (SSSR count). The highest BCUT2D eigenvalue weighted by atomic mass is 35.5. The molecule has 19 heavy (non-hydrogen) atoms. The monoisotopic (exact) mass is 300 g/mol. The molecule has 0 bridgehead atoms. The number of aromatic nitrogens is 1. The summed E-state index contributed by atoms with van der Waals surface area (Å²) >= 11 is 5.99. The van der Waals surface area contributed by atoms with E-state index in [-0.39, 0.29) is 16.0 Å². The molecule has 0 N–H and O–H groups in total. The van der Waals surface area contributed by atoms with Crippen molar-refractivity contribution in [2.45, 2.75) is 36.6 Å². The fourth-order valence-corrected chi connectivity index (χ4v) is 4.51. The van der Waals surface area contributed by atoms with Gasteiger partial charge in [-0.2, -0.15) is 4.31 Å². The number of sulfonamides is 1. The fourth-order valence-electron chi connectivity index (χ4n) is 2.44. The lowest BCUT2D eigenvalue weighted by Crippen LogP contribution is -2.39. The Hall–Kier alpha value is -0.910. The minimum Gasteiger partial charge on any atom is -0.263 e. The molecule has 1 aromatic heterocycles. The molecule has 4 nitrogen and oxygen atoms in total. The lowest BCUT2D eigenvalue weighted by molar-refractivity contribution is 0.347. The van der Waals surface area contributed by atoms with Crippen LogP contribution in [0.15, 0.2) is 36.0 Å². The van der Waals surface area contributed by atoms with Gasteiger partial charge in [-0.05, 0) is 18.9 Å². The van der Waals surface area contributed by atoms with Crippen molar-refractivity contribution in [3.05, 3.63) is 36.1 Å². The molecule has 6 heteroatoms. The summed E-state index contributed by atoms with van der Waals surface area (Å²) in [6, 6.07) is 1.54. The smallest absolute Gasteiger partial charge is 0.246 e. The van der Waals surface area contributed by atoms with E-state index in [4.69, 9.17) is 11.6 Å². The number of nitrogens with zero attached hydrogens (tertiary/aromatic N) is 2. The predicted molar refractivity (Wildman–Crippen MR) is 75.6 cm³/mol. The molecule has 1 fully saturated rings. The average Bonchev–Trinajstić information content (AvgIpc) is 2.89. The van der Waals surface area contributed by atoms with E-state index in [9.17, 15) is 8.42 Å². The summed E-state index contributed by atoms with van der Waals surface area (Å²) in [7, 11) is -3.61. The second kappa shape index (κ2) is 6.03. The Bertz CT molecular complexity index is 554. The van der Waals surface area contributed by atoms with Gasteiger partial charge in [-0.1, -0.05) is 30.5 Å². The zero-order valence-electron chi connectivity index (χ0n) is 10.6. The molecular formula is C13H17ClN2O2S. The molecule has 0 aliphatic heterocycles. The van der Waals surface area contributed by atoms with E-state index in [1.807, 2.05) is 0 Å². The normalized spacial score (nSPS) is 16.9. The number of halogens is 1. The largest absolute Gasteiger partial charge is 0.263 e. The van der Waals surface area contributed by atoms with Crippen LogP contribution in [0.4, 0.5) is 0 Å². The maximum atomic E-state index is 12.7. The Kier molecular flexibility index (Phi) is 4.60. The van der Waals surface area contributed by atoms with Gasteiger partial charge in [-0.15, -0.1) is 6.58 Å². The van der Waals surface area contributed by atoms with Gasteiger partial charge in [0.1, 0.15) is 4.90 Å². The van der Waals surface area contributed by atoms with Crippen LogP contribution in [0.3, 0.4) is 0 Å². The average molecular weight is 301 g/mol. The quantitative estimate of drug-likeness (QED) is 0.786. The van der Waals surface area contributed by atoms with Crippen molar-refractivity contribution in [1.82, 2.24) is 9.29 Å². The molecule has 0 spiro atoms. The van der Waals surface area contributed by atoms with E-state index in [0.717, 1.165) is 25.7 Å². The molecule has 0 aromatic carbocycles. The molecule has 1 aromatic rings. The molecule has 0 amide bonds. The van der Waals surface area contributed by atoms with Gasteiger partial charge in [0, 0.05) is 25.0 Å². The highest BCUT2D eigenvalue weighted by molar-refractivity contribution is 7.89. The van der Waals surface area contributed by atoms with Crippen LogP contribution in [-0.4, -0.2) is 30.3 Å². The Labute approximate surface area is 119 Å². The van der Waals surface area contributed by atoms with Crippen LogP contribution >= 0.6 is 11.6 Å². The third kappa shape index (κ3) is 2.99. The van der Waals surface area contributed by atoms with Crippen LogP contribution in [-0.2, 0) is 10.0 Å². The lowest BCUT2D eigenvalue weighted by atomic mass is 10.2. The van der Waals surface area contributed by atoms with Crippen LogP contribution in [0.5, 0.6) is 0 Å². The second-order valence-electron chi connectivity index (χ2n) is 4.61. The molecule has 1 aliphatic carbocycles. The third-order valence-electron chi connectivity index (χ3n) is 3.36. The summed E-state index contributed by atoms with van der Waals surface area (Å²) in [5.41, 5.74) is 0. The van der Waals surface area contributed by atoms with E-state index in [2.05, 4.69) is 11.6 Å². The first-order chi connectivity index (χ1) is 9.07. The Balaban J connectivity index is 2.39. The van der Waals surface area contributed by atoms with Crippen molar-refractivity contribution in [3.8, 4) is 0 Å². The Morgan fingerprint density at radius 1 is 1.47 bits per heavy atom. The van der Waals surface area contributed by atoms with Gasteiger partial charge in [0.25, 0.3) is 0 Å². The summed E-state index contributed by atoms with van der Waals surface area (Å²) in [6.07, 6.45) is 8.32. The first-order valence-electron chi connectivity index (χ1n) is 6.29. The van der Waals surface area contributed by atoms with E-state index in [1.165, 1.54) is 22.8 Å². The summed E-state index contributed by atoms with van der Waals surface area (Å²) in [5, 5.41) is 0.210. The Morgan fingerprint density at radius 2 is 2.16 bits per heavy atom. The molecule has 0 unspecified atom stereocenters. The van der Waals surface area contributed by atoms with Crippen LogP contribution in [0.1, 0.15) is 25.7 Å². The molecule has 1 saturated carbocycles. The first kappa shape index (κ1) is 14.5. The highest BCUT2D eigenvalue weighted by Gasteiger charge is 2.33. The van der Waals surface area contributed by atoms with Crippen molar-refractivity contribution < 1.29 is 8.42 Å². The first-order valence-corrected chi connectivity index (χ1v) is 8.11. The Morgan fingerprint density at radius 3 is 2.74 bits per heavy atom. The third-order valence-corrected chi connectivity index (χ3v) is 5.75. The van der Waals surface area contributed by atoms with Crippen LogP contribution in [0.2, 0.25) is 5.02 Å². The second-order valence-corrected chi connectivity index (χ2v) is 6.87. The number of hydrogen-bond donors (Lipinski definition) is 0. The maximum Gasteiger partial charge on any atom is 0.246 e. The number of hydrogen-bond acceptors (Lipinski definition) is 3. The minimum absolute atomic E-state index is 0.0410. The molecule has 1 heterocycles. The topological polar surface area (TPSA) is 50.3 Å². The van der Waals surface area contributed by atoms with E-state index < -0.39 is 10.0 Å². The molecule has 1 aliphatic rings. The maximum absolute atomic E-state index is 12.7. The van der Waals surface area contributed by atoms with Crippen LogP contribution in [0.25, 0.3) is 0 Å². The van der Waals surface area contributed by atoms with Crippen LogP contribution in [0, 0.1) is 0 Å². The molecule has 0 atom stereocenters. The number of pyridine rings is 1. The predicted octanol–water partition coefficient (Wildman–Crippen LogP) is 2.85. The zero-order valence-corrected chi connectivity index (χ0v) is 12.2. The van der Waals surface area contributed by atoms with Gasteiger partial charge in [0.15, 0.2) is 0 Å². The summed E-state index contributed by atoms with van der Waals surface area (Å²) in [4.78, 5) is 3.94. The zero-order chi connectivity index (χ0) is 13.9. The van der Waals surface area contributed by atoms with Gasteiger partial charge in [-0.3, -0.25) is 4.98 Å². The summed E-state index contributed by atoms with van der Waals surface area (Å²) in [5.74, 6) is 0. The summed E-state index contributed by atoms with van der Waals surface area (Å²) < 4.78 is 26.9. The van der Waals surface area contributed by atoms with Crippen molar-refractivity contribution in [2.24, 2.45) is 0 Å². The van der Waals surface area contributed by atoms with Gasteiger partial charge in [0.2, 0.25) is 10.0 Å². The van der Waals surface area contributed by atoms with E-state index >= 15 is 0 Å². The van der Waals surface area contributed by atoms with Gasteiger partial charge in [0.05, 0.1) is 5.02 Å². The molecule has 104 valence electrons. The SMILES string of the molecule is C=CCN(C1CCCC1)S(=O)(=O)c1cnccc1Cl. The lowest BCUT2D eigenvalue weighted by Gasteiger charge is -2.27. The minimum atomic E-state index is -3.61. The van der Waals surface area contributed by atoms with Gasteiger partial charge in [-0.25, -0.2) is 8.42 Å². The van der Waals surface area contributed by atoms with Crippen LogP contribution < -0.4 is 0 Å². The van der Waals surface area contributed by atoms with Crippen molar-refractivity contribution in [1.29, 1.82) is 0 Å². The van der Waals surface area contributed by atoms with E-state index in [1.54, 1.807) is 6.08 Å². The summed E-state index contributed by atoms with van der Waals surface area (Å²) in [6.45, 7) is 3.95. The highest BCUT2D eigenvalue weighted by Crippen LogP contribution is 2.30. The molecule has 0 saturated heterocycles. The van der Waals surface area contributed by atoms with Crippen molar-refractivity contribution >= 4 is 21.6 Å². The molecule has 0 radical (unpaired) electrons. The van der Waals surface area contributed by atoms with Crippen molar-refractivity contribution in [2.75, 3.05) is 6.54 Å².